The Labute approximate surface area is 175 Å². The summed E-state index contributed by atoms with van der Waals surface area (Å²) in [4.78, 5) is 13.0. The maximum Gasteiger partial charge on any atom is 0.228 e. The summed E-state index contributed by atoms with van der Waals surface area (Å²) in [6.07, 6.45) is 3.15. The van der Waals surface area contributed by atoms with Gasteiger partial charge in [0, 0.05) is 23.5 Å². The number of anilines is 2. The number of pyridine rings is 1. The van der Waals surface area contributed by atoms with E-state index in [4.69, 9.17) is 22.1 Å². The van der Waals surface area contributed by atoms with Crippen LogP contribution in [0.5, 0.6) is 5.88 Å². The van der Waals surface area contributed by atoms with Gasteiger partial charge in [0.2, 0.25) is 11.8 Å². The van der Waals surface area contributed by atoms with Crippen LogP contribution in [0, 0.1) is 5.82 Å². The molecule has 6 nitrogen and oxygen atoms in total. The zero-order chi connectivity index (χ0) is 20.4. The molecule has 2 heterocycles. The number of nitrogen functional groups attached to an aromatic ring is 1. The predicted molar refractivity (Wildman–Crippen MR) is 115 cm³/mol. The smallest absolute Gasteiger partial charge is 0.228 e. The first-order chi connectivity index (χ1) is 14.0. The van der Waals surface area contributed by atoms with Gasteiger partial charge in [-0.3, -0.25) is 0 Å². The number of nitrogens with one attached hydrogen (secondary N) is 1. The molecular formula is C20H15ClFN5OS. The van der Waals surface area contributed by atoms with Crippen molar-refractivity contribution in [3.63, 3.8) is 0 Å². The van der Waals surface area contributed by atoms with Gasteiger partial charge in [-0.25, -0.2) is 19.3 Å². The molecule has 0 aliphatic rings. The fourth-order valence-corrected chi connectivity index (χ4v) is 3.77. The van der Waals surface area contributed by atoms with Gasteiger partial charge in [0.05, 0.1) is 22.5 Å². The molecule has 0 saturated carbocycles. The number of hydrogen-bond donors (Lipinski definition) is 2. The summed E-state index contributed by atoms with van der Waals surface area (Å²) in [5, 5.41) is 1.30. The van der Waals surface area contributed by atoms with Crippen LogP contribution >= 0.6 is 23.5 Å². The second-order valence-corrected chi connectivity index (χ2v) is 7.38. The first-order valence-corrected chi connectivity index (χ1v) is 9.67. The fourth-order valence-electron chi connectivity index (χ4n) is 2.79. The van der Waals surface area contributed by atoms with Gasteiger partial charge in [-0.15, -0.1) is 0 Å². The summed E-state index contributed by atoms with van der Waals surface area (Å²) in [5.41, 5.74) is 8.48. The molecule has 0 bridgehead atoms. The second kappa shape index (κ2) is 8.10. The lowest BCUT2D eigenvalue weighted by molar-refractivity contribution is 0.387. The number of hydrogen-bond acceptors (Lipinski definition) is 7. The maximum absolute atomic E-state index is 14.3. The molecule has 0 saturated heterocycles. The van der Waals surface area contributed by atoms with Crippen molar-refractivity contribution in [2.75, 3.05) is 17.6 Å². The van der Waals surface area contributed by atoms with Gasteiger partial charge >= 0.3 is 0 Å². The Balaban J connectivity index is 1.63. The predicted octanol–water partition coefficient (Wildman–Crippen LogP) is 5.19. The van der Waals surface area contributed by atoms with Crippen molar-refractivity contribution in [1.29, 1.82) is 0 Å². The average Bonchev–Trinajstić information content (AvgIpc) is 2.71. The van der Waals surface area contributed by atoms with Crippen LogP contribution in [0.2, 0.25) is 5.02 Å². The summed E-state index contributed by atoms with van der Waals surface area (Å²) in [6.45, 7) is 0. The molecule has 0 aliphatic heterocycles. The van der Waals surface area contributed by atoms with E-state index in [1.165, 1.54) is 37.4 Å². The molecule has 2 aromatic carbocycles. The molecule has 3 N–H and O–H groups in total. The lowest BCUT2D eigenvalue weighted by Gasteiger charge is -2.11. The fraction of sp³-hybridized carbons (Fsp3) is 0.0500. The van der Waals surface area contributed by atoms with Crippen LogP contribution in [0.25, 0.3) is 22.0 Å². The van der Waals surface area contributed by atoms with Crippen LogP contribution < -0.4 is 15.2 Å². The van der Waals surface area contributed by atoms with Crippen LogP contribution in [-0.2, 0) is 0 Å². The average molecular weight is 428 g/mol. The molecule has 0 amide bonds. The van der Waals surface area contributed by atoms with Crippen molar-refractivity contribution in [3.8, 4) is 17.0 Å². The van der Waals surface area contributed by atoms with E-state index in [2.05, 4.69) is 19.7 Å². The Morgan fingerprint density at radius 1 is 1.07 bits per heavy atom. The Morgan fingerprint density at radius 2 is 1.93 bits per heavy atom. The van der Waals surface area contributed by atoms with Gasteiger partial charge in [-0.1, -0.05) is 17.7 Å². The summed E-state index contributed by atoms with van der Waals surface area (Å²) >= 11 is 7.24. The van der Waals surface area contributed by atoms with E-state index in [0.29, 0.717) is 27.0 Å². The Kier molecular flexibility index (Phi) is 5.37. The Hall–Kier alpha value is -3.10. The summed E-state index contributed by atoms with van der Waals surface area (Å²) < 4.78 is 22.6. The number of fused-ring (bicyclic) bond motifs is 1. The third kappa shape index (κ3) is 4.33. The zero-order valence-electron chi connectivity index (χ0n) is 15.2. The lowest BCUT2D eigenvalue weighted by atomic mass is 10.0. The first-order valence-electron chi connectivity index (χ1n) is 8.47. The molecule has 0 unspecified atom stereocenters. The third-order valence-corrected chi connectivity index (χ3v) is 5.14. The van der Waals surface area contributed by atoms with Gasteiger partial charge in [0.1, 0.15) is 5.82 Å². The number of rotatable bonds is 5. The molecule has 4 aromatic rings. The molecule has 0 aliphatic carbocycles. The molecule has 0 fully saturated rings. The third-order valence-electron chi connectivity index (χ3n) is 4.09. The Morgan fingerprint density at radius 3 is 2.76 bits per heavy atom. The van der Waals surface area contributed by atoms with Crippen LogP contribution in [0.3, 0.4) is 0 Å². The van der Waals surface area contributed by atoms with Crippen molar-refractivity contribution in [2.24, 2.45) is 0 Å². The largest absolute Gasteiger partial charge is 0.480 e. The van der Waals surface area contributed by atoms with Crippen LogP contribution in [0.1, 0.15) is 0 Å². The number of nitrogens with two attached hydrogens (primary N) is 1. The molecule has 0 atom stereocenters. The summed E-state index contributed by atoms with van der Waals surface area (Å²) in [7, 11) is 1.53. The number of halogens is 2. The number of ether oxygens (including phenoxy) is 1. The first kappa shape index (κ1) is 19.2. The van der Waals surface area contributed by atoms with E-state index in [0.717, 1.165) is 16.5 Å². The molecule has 29 heavy (non-hydrogen) atoms. The molecule has 2 aromatic heterocycles. The minimum Gasteiger partial charge on any atom is -0.480 e. The van der Waals surface area contributed by atoms with E-state index in [1.54, 1.807) is 12.3 Å². The molecule has 146 valence electrons. The van der Waals surface area contributed by atoms with Gasteiger partial charge in [-0.05, 0) is 59.5 Å². The SMILES string of the molecule is COc1ncc(Cl)cc1SNc1cc(F)cc(-c2ccc3nc(N)ncc3c2)c1. The molecule has 9 heteroatoms. The van der Waals surface area contributed by atoms with Crippen LogP contribution in [0.4, 0.5) is 16.0 Å². The minimum absolute atomic E-state index is 0.213. The van der Waals surface area contributed by atoms with Crippen LogP contribution in [0.15, 0.2) is 59.8 Å². The summed E-state index contributed by atoms with van der Waals surface area (Å²) in [6, 6.07) is 12.0. The number of methoxy groups -OCH3 is 1. The molecular weight excluding hydrogens is 413 g/mol. The monoisotopic (exact) mass is 427 g/mol. The maximum atomic E-state index is 14.3. The van der Waals surface area contributed by atoms with E-state index in [1.807, 2.05) is 24.3 Å². The van der Waals surface area contributed by atoms with E-state index in [-0.39, 0.29) is 11.8 Å². The van der Waals surface area contributed by atoms with Gasteiger partial charge in [-0.2, -0.15) is 0 Å². The number of nitrogens with zero attached hydrogens (tertiary/aromatic N) is 3. The topological polar surface area (TPSA) is 86.0 Å². The van der Waals surface area contributed by atoms with Crippen molar-refractivity contribution in [1.82, 2.24) is 15.0 Å². The van der Waals surface area contributed by atoms with E-state index in [9.17, 15) is 4.39 Å². The number of aromatic nitrogens is 3. The van der Waals surface area contributed by atoms with Gasteiger partial charge < -0.3 is 15.2 Å². The van der Waals surface area contributed by atoms with Gasteiger partial charge in [0.25, 0.3) is 0 Å². The van der Waals surface area contributed by atoms with Crippen LogP contribution in [-0.4, -0.2) is 22.1 Å². The molecule has 0 spiro atoms. The van der Waals surface area contributed by atoms with Crippen molar-refractivity contribution in [3.05, 3.63) is 65.7 Å². The lowest BCUT2D eigenvalue weighted by Crippen LogP contribution is -1.95. The minimum atomic E-state index is -0.365. The quantitative estimate of drug-likeness (QED) is 0.423. The standard InChI is InChI=1S/C20H15ClFN5OS/c1-28-19-18(7-14(21)10-24-19)29-27-16-6-12(5-15(22)8-16)11-2-3-17-13(4-11)9-25-20(23)26-17/h2-10,27H,1H3,(H2,23,25,26). The highest BCUT2D eigenvalue weighted by atomic mass is 35.5. The molecule has 0 radical (unpaired) electrons. The highest BCUT2D eigenvalue weighted by molar-refractivity contribution is 8.00. The van der Waals surface area contributed by atoms with Crippen molar-refractivity contribution < 1.29 is 9.13 Å². The summed E-state index contributed by atoms with van der Waals surface area (Å²) in [5.74, 6) is 0.276. The van der Waals surface area contributed by atoms with E-state index < -0.39 is 0 Å². The highest BCUT2D eigenvalue weighted by Crippen LogP contribution is 2.33. The van der Waals surface area contributed by atoms with Crippen molar-refractivity contribution >= 4 is 46.1 Å². The van der Waals surface area contributed by atoms with Gasteiger partial charge in [0.15, 0.2) is 0 Å². The normalized spacial score (nSPS) is 10.9. The second-order valence-electron chi connectivity index (χ2n) is 6.10. The zero-order valence-corrected chi connectivity index (χ0v) is 16.8. The Bertz CT molecular complexity index is 1210. The van der Waals surface area contributed by atoms with E-state index >= 15 is 0 Å². The molecule has 4 rings (SSSR count). The highest BCUT2D eigenvalue weighted by Gasteiger charge is 2.09. The van der Waals surface area contributed by atoms with Crippen molar-refractivity contribution in [2.45, 2.75) is 4.90 Å². The number of benzene rings is 2.